The van der Waals surface area contributed by atoms with Crippen LogP contribution in [-0.4, -0.2) is 19.6 Å². The highest BCUT2D eigenvalue weighted by Gasteiger charge is 2.30. The van der Waals surface area contributed by atoms with E-state index in [-0.39, 0.29) is 5.69 Å². The Balaban J connectivity index is 2.11. The van der Waals surface area contributed by atoms with E-state index >= 15 is 0 Å². The van der Waals surface area contributed by atoms with Crippen molar-refractivity contribution < 1.29 is 27.4 Å². The van der Waals surface area contributed by atoms with E-state index < -0.39 is 17.6 Å². The second-order valence-electron chi connectivity index (χ2n) is 6.10. The number of methoxy groups -OCH3 is 1. The molecule has 2 aromatic rings. The Bertz CT molecular complexity index is 756. The van der Waals surface area contributed by atoms with Gasteiger partial charge in [0.1, 0.15) is 0 Å². The summed E-state index contributed by atoms with van der Waals surface area (Å²) in [4.78, 5) is 12.3. The zero-order valence-corrected chi connectivity index (χ0v) is 14.7. The summed E-state index contributed by atoms with van der Waals surface area (Å²) in [5.74, 6) is 0.804. The van der Waals surface area contributed by atoms with E-state index in [1.165, 1.54) is 25.3 Å². The van der Waals surface area contributed by atoms with Gasteiger partial charge in [-0.25, -0.2) is 0 Å². The van der Waals surface area contributed by atoms with Crippen LogP contribution in [0.5, 0.6) is 11.5 Å². The molecule has 0 heterocycles. The van der Waals surface area contributed by atoms with E-state index in [1.807, 2.05) is 13.8 Å². The molecule has 0 fully saturated rings. The maximum atomic E-state index is 12.6. The molecular formula is C19H20F3NO3. The number of hydrogen-bond acceptors (Lipinski definition) is 3. The average Bonchev–Trinajstić information content (AvgIpc) is 2.59. The van der Waals surface area contributed by atoms with Crippen molar-refractivity contribution in [2.75, 3.05) is 19.0 Å². The maximum absolute atomic E-state index is 12.6. The summed E-state index contributed by atoms with van der Waals surface area (Å²) < 4.78 is 48.6. The van der Waals surface area contributed by atoms with Gasteiger partial charge in [-0.15, -0.1) is 0 Å². The molecule has 0 aliphatic heterocycles. The van der Waals surface area contributed by atoms with Gasteiger partial charge in [-0.1, -0.05) is 13.8 Å². The molecule has 26 heavy (non-hydrogen) atoms. The Kier molecular flexibility index (Phi) is 6.13. The minimum Gasteiger partial charge on any atom is -0.493 e. The van der Waals surface area contributed by atoms with Crippen LogP contribution in [0, 0.1) is 5.92 Å². The highest BCUT2D eigenvalue weighted by molar-refractivity contribution is 6.04. The van der Waals surface area contributed by atoms with Gasteiger partial charge in [-0.2, -0.15) is 13.2 Å². The molecule has 0 aromatic heterocycles. The Morgan fingerprint density at radius 2 is 1.73 bits per heavy atom. The molecule has 0 atom stereocenters. The summed E-state index contributed by atoms with van der Waals surface area (Å²) in [6.45, 7) is 4.53. The van der Waals surface area contributed by atoms with Crippen LogP contribution in [0.25, 0.3) is 0 Å². The molecule has 7 heteroatoms. The number of carbonyl (C=O) groups is 1. The number of hydrogen-bond donors (Lipinski definition) is 1. The van der Waals surface area contributed by atoms with E-state index in [4.69, 9.17) is 9.47 Å². The van der Waals surface area contributed by atoms with Gasteiger partial charge >= 0.3 is 6.18 Å². The van der Waals surface area contributed by atoms with Crippen molar-refractivity contribution in [3.8, 4) is 11.5 Å². The van der Waals surface area contributed by atoms with E-state index in [0.717, 1.165) is 12.1 Å². The molecule has 0 radical (unpaired) electrons. The largest absolute Gasteiger partial charge is 0.493 e. The lowest BCUT2D eigenvalue weighted by Gasteiger charge is -2.14. The lowest BCUT2D eigenvalue weighted by Crippen LogP contribution is -2.13. The fourth-order valence-corrected chi connectivity index (χ4v) is 2.13. The summed E-state index contributed by atoms with van der Waals surface area (Å²) in [5.41, 5.74) is -0.204. The fourth-order valence-electron chi connectivity index (χ4n) is 2.13. The van der Waals surface area contributed by atoms with Gasteiger partial charge in [-0.05, 0) is 48.4 Å². The van der Waals surface area contributed by atoms with Crippen LogP contribution < -0.4 is 14.8 Å². The Morgan fingerprint density at radius 1 is 1.08 bits per heavy atom. The highest BCUT2D eigenvalue weighted by Crippen LogP contribution is 2.31. The first-order chi connectivity index (χ1) is 12.2. The molecule has 0 bridgehead atoms. The van der Waals surface area contributed by atoms with E-state index in [0.29, 0.717) is 29.6 Å². The maximum Gasteiger partial charge on any atom is 0.416 e. The van der Waals surface area contributed by atoms with Crippen LogP contribution in [0.3, 0.4) is 0 Å². The highest BCUT2D eigenvalue weighted by atomic mass is 19.4. The van der Waals surface area contributed by atoms with Crippen LogP contribution in [-0.2, 0) is 6.18 Å². The first-order valence-corrected chi connectivity index (χ1v) is 8.00. The Labute approximate surface area is 149 Å². The van der Waals surface area contributed by atoms with E-state index in [1.54, 1.807) is 12.1 Å². The molecular weight excluding hydrogens is 347 g/mol. The zero-order chi connectivity index (χ0) is 19.3. The lowest BCUT2D eigenvalue weighted by molar-refractivity contribution is -0.137. The molecule has 0 spiro atoms. The van der Waals surface area contributed by atoms with Crippen LogP contribution in [0.15, 0.2) is 42.5 Å². The molecule has 4 nitrogen and oxygen atoms in total. The number of amides is 1. The van der Waals surface area contributed by atoms with Crippen molar-refractivity contribution in [1.82, 2.24) is 0 Å². The summed E-state index contributed by atoms with van der Waals surface area (Å²) in [7, 11) is 1.47. The minimum atomic E-state index is -4.41. The molecule has 1 N–H and O–H groups in total. The van der Waals surface area contributed by atoms with Gasteiger partial charge in [0.15, 0.2) is 11.5 Å². The average molecular weight is 367 g/mol. The number of rotatable bonds is 6. The van der Waals surface area contributed by atoms with Gasteiger partial charge in [0.05, 0.1) is 19.3 Å². The smallest absolute Gasteiger partial charge is 0.416 e. The number of halogens is 3. The van der Waals surface area contributed by atoms with Crippen molar-refractivity contribution in [2.45, 2.75) is 20.0 Å². The Morgan fingerprint density at radius 3 is 2.27 bits per heavy atom. The molecule has 2 aromatic carbocycles. The number of carbonyl (C=O) groups excluding carboxylic acids is 1. The summed E-state index contributed by atoms with van der Waals surface area (Å²) in [6, 6.07) is 8.96. The second-order valence-corrected chi connectivity index (χ2v) is 6.10. The van der Waals surface area contributed by atoms with Gasteiger partial charge in [0.25, 0.3) is 5.91 Å². The third-order valence-corrected chi connectivity index (χ3v) is 3.47. The molecule has 0 saturated carbocycles. The van der Waals surface area contributed by atoms with E-state index in [9.17, 15) is 18.0 Å². The predicted molar refractivity (Wildman–Crippen MR) is 92.7 cm³/mol. The fraction of sp³-hybridized carbons (Fsp3) is 0.316. The molecule has 0 aliphatic rings. The lowest BCUT2D eigenvalue weighted by atomic mass is 10.1. The van der Waals surface area contributed by atoms with Gasteiger partial charge < -0.3 is 14.8 Å². The van der Waals surface area contributed by atoms with Gasteiger partial charge in [-0.3, -0.25) is 4.79 Å². The molecule has 0 saturated heterocycles. The molecule has 2 rings (SSSR count). The molecule has 140 valence electrons. The van der Waals surface area contributed by atoms with Crippen LogP contribution in [0.2, 0.25) is 0 Å². The molecule has 0 unspecified atom stereocenters. The van der Waals surface area contributed by atoms with Crippen molar-refractivity contribution >= 4 is 11.6 Å². The standard InChI is InChI=1S/C19H20F3NO3/c1-12(2)11-26-16-9-4-13(10-17(16)25-3)18(24)23-15-7-5-14(6-8-15)19(20,21)22/h4-10,12H,11H2,1-3H3,(H,23,24). The summed E-state index contributed by atoms with van der Waals surface area (Å²) >= 11 is 0. The van der Waals surface area contributed by atoms with E-state index in [2.05, 4.69) is 5.32 Å². The van der Waals surface area contributed by atoms with Gasteiger partial charge in [0, 0.05) is 11.3 Å². The molecule has 0 aliphatic carbocycles. The number of benzene rings is 2. The number of anilines is 1. The van der Waals surface area contributed by atoms with Crippen LogP contribution in [0.4, 0.5) is 18.9 Å². The SMILES string of the molecule is COc1cc(C(=O)Nc2ccc(C(F)(F)F)cc2)ccc1OCC(C)C. The summed E-state index contributed by atoms with van der Waals surface area (Å²) in [5, 5.41) is 2.56. The molecule has 1 amide bonds. The van der Waals surface area contributed by atoms with Crippen molar-refractivity contribution in [3.05, 3.63) is 53.6 Å². The quantitative estimate of drug-likeness (QED) is 0.781. The Hall–Kier alpha value is -2.70. The zero-order valence-electron chi connectivity index (χ0n) is 14.7. The first-order valence-electron chi connectivity index (χ1n) is 8.00. The van der Waals surface area contributed by atoms with Crippen LogP contribution >= 0.6 is 0 Å². The third kappa shape index (κ3) is 5.15. The predicted octanol–water partition coefficient (Wildman–Crippen LogP) is 5.00. The topological polar surface area (TPSA) is 47.6 Å². The monoisotopic (exact) mass is 367 g/mol. The first kappa shape index (κ1) is 19.6. The second kappa shape index (κ2) is 8.12. The minimum absolute atomic E-state index is 0.266. The number of alkyl halides is 3. The van der Waals surface area contributed by atoms with Gasteiger partial charge in [0.2, 0.25) is 0 Å². The van der Waals surface area contributed by atoms with Crippen molar-refractivity contribution in [2.24, 2.45) is 5.92 Å². The summed E-state index contributed by atoms with van der Waals surface area (Å²) in [6.07, 6.45) is -4.41. The normalized spacial score (nSPS) is 11.3. The van der Waals surface area contributed by atoms with Crippen molar-refractivity contribution in [3.63, 3.8) is 0 Å². The van der Waals surface area contributed by atoms with Crippen molar-refractivity contribution in [1.29, 1.82) is 0 Å². The van der Waals surface area contributed by atoms with Crippen LogP contribution in [0.1, 0.15) is 29.8 Å². The number of ether oxygens (including phenoxy) is 2. The number of nitrogens with one attached hydrogen (secondary N) is 1. The third-order valence-electron chi connectivity index (χ3n) is 3.47.